The highest BCUT2D eigenvalue weighted by atomic mass is 19.4. The molecule has 1 heterocycles. The van der Waals surface area contributed by atoms with Crippen molar-refractivity contribution in [3.63, 3.8) is 0 Å². The molecular formula is C9H15F3N4O. The third-order valence-electron chi connectivity index (χ3n) is 2.18. The zero-order chi connectivity index (χ0) is 12.9. The summed E-state index contributed by atoms with van der Waals surface area (Å²) in [5.41, 5.74) is 0. The lowest BCUT2D eigenvalue weighted by Crippen LogP contribution is -2.36. The number of aromatic nitrogens is 3. The molecule has 5 nitrogen and oxygen atoms in total. The Bertz CT molecular complexity index is 339. The Hall–Kier alpha value is -1.15. The molecule has 1 N–H and O–H groups in total. The molecule has 0 spiro atoms. The van der Waals surface area contributed by atoms with E-state index in [1.54, 1.807) is 0 Å². The van der Waals surface area contributed by atoms with Crippen LogP contribution in [0.5, 0.6) is 0 Å². The Morgan fingerprint density at radius 2 is 2.18 bits per heavy atom. The smallest absolute Gasteiger partial charge is 0.395 e. The fourth-order valence-corrected chi connectivity index (χ4v) is 1.48. The van der Waals surface area contributed by atoms with Crippen molar-refractivity contribution in [2.75, 3.05) is 19.7 Å². The number of halogens is 3. The monoisotopic (exact) mass is 252 g/mol. The van der Waals surface area contributed by atoms with Crippen molar-refractivity contribution < 1.29 is 18.3 Å². The molecule has 1 aromatic rings. The van der Waals surface area contributed by atoms with Gasteiger partial charge in [-0.25, -0.2) is 9.67 Å². The topological polar surface area (TPSA) is 54.2 Å². The fourth-order valence-electron chi connectivity index (χ4n) is 1.48. The van der Waals surface area contributed by atoms with Gasteiger partial charge in [0.25, 0.3) is 0 Å². The number of hydrogen-bond donors (Lipinski definition) is 1. The van der Waals surface area contributed by atoms with Gasteiger partial charge in [-0.1, -0.05) is 0 Å². The van der Waals surface area contributed by atoms with E-state index < -0.39 is 12.7 Å². The predicted octanol–water partition coefficient (Wildman–Crippen LogP) is 0.655. The van der Waals surface area contributed by atoms with Crippen LogP contribution < -0.4 is 0 Å². The van der Waals surface area contributed by atoms with E-state index in [1.165, 1.54) is 11.0 Å². The van der Waals surface area contributed by atoms with Crippen molar-refractivity contribution in [2.45, 2.75) is 26.2 Å². The zero-order valence-corrected chi connectivity index (χ0v) is 9.48. The number of aliphatic hydroxyl groups is 1. The standard InChI is InChI=1S/C9H15F3N4O/c1-2-16-8(13-7-14-16)5-15(3-4-17)6-9(10,11)12/h7,17H,2-6H2,1H3. The largest absolute Gasteiger partial charge is 0.401 e. The Kier molecular flexibility index (Phi) is 4.88. The van der Waals surface area contributed by atoms with Crippen LogP contribution in [0.4, 0.5) is 13.2 Å². The lowest BCUT2D eigenvalue weighted by Gasteiger charge is -2.22. The zero-order valence-electron chi connectivity index (χ0n) is 9.48. The molecule has 0 atom stereocenters. The second kappa shape index (κ2) is 5.97. The van der Waals surface area contributed by atoms with Crippen molar-refractivity contribution in [3.05, 3.63) is 12.2 Å². The molecule has 0 bridgehead atoms. The number of alkyl halides is 3. The van der Waals surface area contributed by atoms with Gasteiger partial charge in [-0.3, -0.25) is 4.90 Å². The molecule has 17 heavy (non-hydrogen) atoms. The molecule has 98 valence electrons. The molecule has 0 radical (unpaired) electrons. The maximum absolute atomic E-state index is 12.3. The van der Waals surface area contributed by atoms with Crippen molar-refractivity contribution in [1.82, 2.24) is 19.7 Å². The van der Waals surface area contributed by atoms with Crippen LogP contribution in [0.1, 0.15) is 12.7 Å². The minimum absolute atomic E-state index is 0.0217. The Morgan fingerprint density at radius 1 is 1.47 bits per heavy atom. The molecule has 1 rings (SSSR count). The molecule has 0 aliphatic carbocycles. The van der Waals surface area contributed by atoms with E-state index in [0.29, 0.717) is 12.4 Å². The molecule has 0 saturated carbocycles. The Balaban J connectivity index is 2.66. The number of nitrogens with zero attached hydrogens (tertiary/aromatic N) is 4. The van der Waals surface area contributed by atoms with Crippen LogP contribution in [-0.4, -0.2) is 50.6 Å². The summed E-state index contributed by atoms with van der Waals surface area (Å²) in [5, 5.41) is 12.6. The maximum atomic E-state index is 12.3. The van der Waals surface area contributed by atoms with Gasteiger partial charge in [0, 0.05) is 13.1 Å². The normalized spacial score (nSPS) is 12.4. The maximum Gasteiger partial charge on any atom is 0.401 e. The predicted molar refractivity (Wildman–Crippen MR) is 54.1 cm³/mol. The molecule has 0 aromatic carbocycles. The lowest BCUT2D eigenvalue weighted by molar-refractivity contribution is -0.148. The van der Waals surface area contributed by atoms with Crippen molar-refractivity contribution in [2.24, 2.45) is 0 Å². The third kappa shape index (κ3) is 4.70. The van der Waals surface area contributed by atoms with E-state index >= 15 is 0 Å². The summed E-state index contributed by atoms with van der Waals surface area (Å²) in [6.07, 6.45) is -2.98. The molecule has 8 heteroatoms. The molecule has 1 aromatic heterocycles. The summed E-state index contributed by atoms with van der Waals surface area (Å²) in [6.45, 7) is 0.969. The molecule has 0 fully saturated rings. The van der Waals surface area contributed by atoms with E-state index in [0.717, 1.165) is 4.90 Å². The van der Waals surface area contributed by atoms with Gasteiger partial charge in [0.05, 0.1) is 19.7 Å². The highest BCUT2D eigenvalue weighted by molar-refractivity contribution is 4.85. The Labute approximate surface area is 96.9 Å². The van der Waals surface area contributed by atoms with Gasteiger partial charge in [-0.2, -0.15) is 18.3 Å². The van der Waals surface area contributed by atoms with Crippen LogP contribution >= 0.6 is 0 Å². The van der Waals surface area contributed by atoms with Gasteiger partial charge >= 0.3 is 6.18 Å². The van der Waals surface area contributed by atoms with Gasteiger partial charge < -0.3 is 5.11 Å². The van der Waals surface area contributed by atoms with Crippen LogP contribution in [0.2, 0.25) is 0 Å². The first-order valence-electron chi connectivity index (χ1n) is 5.23. The van der Waals surface area contributed by atoms with E-state index in [-0.39, 0.29) is 19.7 Å². The number of aryl methyl sites for hydroxylation is 1. The third-order valence-corrected chi connectivity index (χ3v) is 2.18. The summed E-state index contributed by atoms with van der Waals surface area (Å²) in [6, 6.07) is 0. The highest BCUT2D eigenvalue weighted by Crippen LogP contribution is 2.17. The van der Waals surface area contributed by atoms with E-state index in [1.807, 2.05) is 6.92 Å². The number of aliphatic hydroxyl groups excluding tert-OH is 1. The van der Waals surface area contributed by atoms with Crippen molar-refractivity contribution in [3.8, 4) is 0 Å². The van der Waals surface area contributed by atoms with Crippen LogP contribution in [0.3, 0.4) is 0 Å². The minimum Gasteiger partial charge on any atom is -0.395 e. The summed E-state index contributed by atoms with van der Waals surface area (Å²) in [7, 11) is 0. The number of rotatable bonds is 6. The Morgan fingerprint density at radius 3 is 2.71 bits per heavy atom. The summed E-state index contributed by atoms with van der Waals surface area (Å²) < 4.78 is 38.4. The first kappa shape index (κ1) is 13.9. The van der Waals surface area contributed by atoms with Crippen molar-refractivity contribution >= 4 is 0 Å². The minimum atomic E-state index is -4.29. The van der Waals surface area contributed by atoms with Gasteiger partial charge in [0.1, 0.15) is 12.2 Å². The van der Waals surface area contributed by atoms with Crippen LogP contribution in [0, 0.1) is 0 Å². The highest BCUT2D eigenvalue weighted by Gasteiger charge is 2.30. The van der Waals surface area contributed by atoms with Gasteiger partial charge in [0.15, 0.2) is 0 Å². The average Bonchev–Trinajstić information content (AvgIpc) is 2.63. The van der Waals surface area contributed by atoms with Crippen LogP contribution in [0.15, 0.2) is 6.33 Å². The first-order chi connectivity index (χ1) is 7.96. The number of hydrogen-bond acceptors (Lipinski definition) is 4. The molecule has 0 aliphatic rings. The molecule has 0 amide bonds. The van der Waals surface area contributed by atoms with Gasteiger partial charge in [0.2, 0.25) is 0 Å². The first-order valence-corrected chi connectivity index (χ1v) is 5.23. The second-order valence-corrected chi connectivity index (χ2v) is 3.54. The second-order valence-electron chi connectivity index (χ2n) is 3.54. The summed E-state index contributed by atoms with van der Waals surface area (Å²) in [4.78, 5) is 4.99. The quantitative estimate of drug-likeness (QED) is 0.808. The lowest BCUT2D eigenvalue weighted by atomic mass is 10.4. The van der Waals surface area contributed by atoms with Gasteiger partial charge in [-0.05, 0) is 6.92 Å². The molecule has 0 aliphatic heterocycles. The fraction of sp³-hybridized carbons (Fsp3) is 0.778. The summed E-state index contributed by atoms with van der Waals surface area (Å²) >= 11 is 0. The van der Waals surface area contributed by atoms with E-state index in [4.69, 9.17) is 5.11 Å². The molecule has 0 saturated heterocycles. The molecular weight excluding hydrogens is 237 g/mol. The van der Waals surface area contributed by atoms with Crippen LogP contribution in [-0.2, 0) is 13.1 Å². The van der Waals surface area contributed by atoms with Crippen LogP contribution in [0.25, 0.3) is 0 Å². The SMILES string of the molecule is CCn1ncnc1CN(CCO)CC(F)(F)F. The summed E-state index contributed by atoms with van der Waals surface area (Å²) in [5.74, 6) is 0.463. The van der Waals surface area contributed by atoms with E-state index in [9.17, 15) is 13.2 Å². The van der Waals surface area contributed by atoms with Crippen molar-refractivity contribution in [1.29, 1.82) is 0 Å². The molecule has 0 unspecified atom stereocenters. The van der Waals surface area contributed by atoms with E-state index in [2.05, 4.69) is 10.1 Å². The average molecular weight is 252 g/mol. The van der Waals surface area contributed by atoms with Gasteiger partial charge in [-0.15, -0.1) is 0 Å².